The Labute approximate surface area is 183 Å². The third kappa shape index (κ3) is 8.02. The molecule has 0 radical (unpaired) electrons. The van der Waals surface area contributed by atoms with Gasteiger partial charge in [-0.3, -0.25) is 9.98 Å². The molecule has 2 N–H and O–H groups in total. The van der Waals surface area contributed by atoms with Crippen molar-refractivity contribution in [2.75, 3.05) is 13.6 Å². The van der Waals surface area contributed by atoms with E-state index in [0.717, 1.165) is 5.69 Å². The molecular weight excluding hydrogens is 512 g/mol. The molecule has 27 heavy (non-hydrogen) atoms. The van der Waals surface area contributed by atoms with E-state index in [-0.39, 0.29) is 41.3 Å². The monoisotopic (exact) mass is 530 g/mol. The maximum absolute atomic E-state index is 12.6. The van der Waals surface area contributed by atoms with Gasteiger partial charge in [-0.05, 0) is 24.3 Å². The lowest BCUT2D eigenvalue weighted by molar-refractivity contribution is -0.0504. The zero-order valence-electron chi connectivity index (χ0n) is 14.4. The van der Waals surface area contributed by atoms with Crippen LogP contribution in [0.15, 0.2) is 41.5 Å². The number of benzene rings is 1. The fraction of sp³-hybridized carbons (Fsp3) is 0.294. The Bertz CT molecular complexity index is 751. The molecule has 0 unspecified atom stereocenters. The molecule has 0 fully saturated rings. The van der Waals surface area contributed by atoms with Crippen molar-refractivity contribution in [1.29, 1.82) is 0 Å². The fourth-order valence-corrected chi connectivity index (χ4v) is 2.80. The van der Waals surface area contributed by atoms with Crippen molar-refractivity contribution < 1.29 is 13.5 Å². The predicted octanol–water partition coefficient (Wildman–Crippen LogP) is 4.52. The number of hydrogen-bond donors (Lipinski definition) is 2. The van der Waals surface area contributed by atoms with Crippen LogP contribution in [-0.4, -0.2) is 31.1 Å². The smallest absolute Gasteiger partial charge is 0.387 e. The minimum atomic E-state index is -2.98. The third-order valence-corrected chi connectivity index (χ3v) is 3.86. The van der Waals surface area contributed by atoms with E-state index in [1.807, 2.05) is 18.2 Å². The van der Waals surface area contributed by atoms with Crippen LogP contribution in [0.5, 0.6) is 5.75 Å². The topological polar surface area (TPSA) is 58.5 Å². The average molecular weight is 531 g/mol. The van der Waals surface area contributed by atoms with Crippen LogP contribution in [0.25, 0.3) is 0 Å². The highest BCUT2D eigenvalue weighted by atomic mass is 127. The van der Waals surface area contributed by atoms with Gasteiger partial charge in [0.15, 0.2) is 5.96 Å². The number of nitrogens with one attached hydrogen (secondary N) is 2. The van der Waals surface area contributed by atoms with Crippen LogP contribution < -0.4 is 15.4 Å². The lowest BCUT2D eigenvalue weighted by Crippen LogP contribution is -2.38. The number of aromatic nitrogens is 1. The normalized spacial score (nSPS) is 11.1. The van der Waals surface area contributed by atoms with Crippen molar-refractivity contribution in [3.8, 4) is 5.75 Å². The van der Waals surface area contributed by atoms with E-state index in [0.29, 0.717) is 29.5 Å². The molecule has 0 aliphatic rings. The lowest BCUT2D eigenvalue weighted by atomic mass is 10.2. The van der Waals surface area contributed by atoms with Crippen LogP contribution in [0.2, 0.25) is 10.0 Å². The van der Waals surface area contributed by atoms with Gasteiger partial charge in [-0.1, -0.05) is 29.3 Å². The summed E-state index contributed by atoms with van der Waals surface area (Å²) in [6, 6.07) is 8.57. The highest BCUT2D eigenvalue weighted by molar-refractivity contribution is 14.0. The van der Waals surface area contributed by atoms with Crippen LogP contribution in [0, 0.1) is 0 Å². The van der Waals surface area contributed by atoms with Gasteiger partial charge in [0.1, 0.15) is 5.75 Å². The summed E-state index contributed by atoms with van der Waals surface area (Å²) in [4.78, 5) is 8.33. The second-order valence-electron chi connectivity index (χ2n) is 5.18. The summed E-state index contributed by atoms with van der Waals surface area (Å²) in [5, 5.41) is 6.48. The Kier molecular flexibility index (Phi) is 10.6. The molecule has 0 saturated heterocycles. The number of alkyl halides is 2. The molecule has 2 aromatic rings. The minimum absolute atomic E-state index is 0. The Morgan fingerprint density at radius 3 is 2.67 bits per heavy atom. The van der Waals surface area contributed by atoms with Crippen molar-refractivity contribution in [1.82, 2.24) is 15.6 Å². The highest BCUT2D eigenvalue weighted by Crippen LogP contribution is 2.33. The lowest BCUT2D eigenvalue weighted by Gasteiger charge is -2.16. The molecule has 0 atom stereocenters. The molecule has 5 nitrogen and oxygen atoms in total. The number of pyridine rings is 1. The minimum Gasteiger partial charge on any atom is -0.433 e. The van der Waals surface area contributed by atoms with E-state index < -0.39 is 6.61 Å². The first kappa shape index (κ1) is 23.6. The van der Waals surface area contributed by atoms with Crippen molar-refractivity contribution in [3.63, 3.8) is 0 Å². The number of nitrogens with zero attached hydrogens (tertiary/aromatic N) is 2. The SMILES string of the molecule is CN=C(NCCc1ccccn1)NCc1cc(Cl)cc(Cl)c1OC(F)F.I. The van der Waals surface area contributed by atoms with E-state index in [1.54, 1.807) is 13.2 Å². The van der Waals surface area contributed by atoms with Gasteiger partial charge in [0.05, 0.1) is 5.02 Å². The second kappa shape index (κ2) is 12.1. The Hall–Kier alpha value is -1.39. The van der Waals surface area contributed by atoms with Crippen molar-refractivity contribution in [3.05, 3.63) is 57.8 Å². The molecule has 0 saturated carbocycles. The maximum Gasteiger partial charge on any atom is 0.387 e. The van der Waals surface area contributed by atoms with Crippen molar-refractivity contribution in [2.45, 2.75) is 19.6 Å². The first-order chi connectivity index (χ1) is 12.5. The molecule has 10 heteroatoms. The van der Waals surface area contributed by atoms with E-state index in [4.69, 9.17) is 23.2 Å². The predicted molar refractivity (Wildman–Crippen MR) is 115 cm³/mol. The number of halogens is 5. The molecule has 0 aliphatic carbocycles. The number of aliphatic imine (C=N–C) groups is 1. The molecule has 1 heterocycles. The average Bonchev–Trinajstić information content (AvgIpc) is 2.61. The summed E-state index contributed by atoms with van der Waals surface area (Å²) >= 11 is 11.9. The largest absolute Gasteiger partial charge is 0.433 e. The summed E-state index contributed by atoms with van der Waals surface area (Å²) < 4.78 is 29.7. The summed E-state index contributed by atoms with van der Waals surface area (Å²) in [5.41, 5.74) is 1.35. The molecule has 148 valence electrons. The van der Waals surface area contributed by atoms with Crippen molar-refractivity contribution >= 4 is 53.1 Å². The third-order valence-electron chi connectivity index (χ3n) is 3.36. The molecule has 2 rings (SSSR count). The Morgan fingerprint density at radius 1 is 1.26 bits per heavy atom. The van der Waals surface area contributed by atoms with Crippen LogP contribution in [-0.2, 0) is 13.0 Å². The number of hydrogen-bond acceptors (Lipinski definition) is 3. The Morgan fingerprint density at radius 2 is 2.04 bits per heavy atom. The number of guanidine groups is 1. The van der Waals surface area contributed by atoms with E-state index in [9.17, 15) is 8.78 Å². The molecular formula is C17H19Cl2F2IN4O. The van der Waals surface area contributed by atoms with Gasteiger partial charge < -0.3 is 15.4 Å². The molecule has 0 bridgehead atoms. The molecule has 0 aliphatic heterocycles. The second-order valence-corrected chi connectivity index (χ2v) is 6.02. The summed E-state index contributed by atoms with van der Waals surface area (Å²) in [7, 11) is 1.61. The molecule has 1 aromatic carbocycles. The van der Waals surface area contributed by atoms with Gasteiger partial charge in [-0.25, -0.2) is 0 Å². The summed E-state index contributed by atoms with van der Waals surface area (Å²) in [5.74, 6) is 0.391. The standard InChI is InChI=1S/C17H18Cl2F2N4O.HI/c1-22-17(24-7-5-13-4-2-3-6-23-13)25-10-11-8-12(18)9-14(19)15(11)26-16(20)21;/h2-4,6,8-9,16H,5,7,10H2,1H3,(H2,22,24,25);1H. The first-order valence-corrected chi connectivity index (χ1v) is 8.52. The maximum atomic E-state index is 12.6. The van der Waals surface area contributed by atoms with Crippen LogP contribution >= 0.6 is 47.2 Å². The zero-order chi connectivity index (χ0) is 18.9. The van der Waals surface area contributed by atoms with Gasteiger partial charge in [0.25, 0.3) is 0 Å². The van der Waals surface area contributed by atoms with E-state index in [1.165, 1.54) is 12.1 Å². The summed E-state index contributed by atoms with van der Waals surface area (Å²) in [6.07, 6.45) is 2.44. The molecule has 0 spiro atoms. The van der Waals surface area contributed by atoms with Crippen molar-refractivity contribution in [2.24, 2.45) is 4.99 Å². The van der Waals surface area contributed by atoms with E-state index in [2.05, 4.69) is 25.3 Å². The van der Waals surface area contributed by atoms with Gasteiger partial charge in [0.2, 0.25) is 0 Å². The Balaban J connectivity index is 0.00000364. The molecule has 1 aromatic heterocycles. The van der Waals surface area contributed by atoms with Gasteiger partial charge in [-0.2, -0.15) is 8.78 Å². The quantitative estimate of drug-likeness (QED) is 0.314. The first-order valence-electron chi connectivity index (χ1n) is 7.76. The van der Waals surface area contributed by atoms with Gasteiger partial charge in [-0.15, -0.1) is 24.0 Å². The van der Waals surface area contributed by atoms with E-state index >= 15 is 0 Å². The molecule has 0 amide bonds. The van der Waals surface area contributed by atoms with Crippen LogP contribution in [0.1, 0.15) is 11.3 Å². The zero-order valence-corrected chi connectivity index (χ0v) is 18.2. The van der Waals surface area contributed by atoms with Gasteiger partial charge in [0, 0.05) is 49.0 Å². The van der Waals surface area contributed by atoms with Gasteiger partial charge >= 0.3 is 6.61 Å². The number of rotatable bonds is 7. The number of ether oxygens (including phenoxy) is 1. The fourth-order valence-electron chi connectivity index (χ4n) is 2.22. The van der Waals surface area contributed by atoms with Crippen LogP contribution in [0.4, 0.5) is 8.78 Å². The highest BCUT2D eigenvalue weighted by Gasteiger charge is 2.15. The van der Waals surface area contributed by atoms with Crippen LogP contribution in [0.3, 0.4) is 0 Å². The summed E-state index contributed by atoms with van der Waals surface area (Å²) in [6.45, 7) is -2.22.